The molecule has 39 heavy (non-hydrogen) atoms. The third-order valence-electron chi connectivity index (χ3n) is 6.67. The summed E-state index contributed by atoms with van der Waals surface area (Å²) >= 11 is 6.80. The van der Waals surface area contributed by atoms with Crippen LogP contribution < -0.4 is 15.6 Å². The number of aromatic nitrogens is 1. The minimum Gasteiger partial charge on any atom is -0.497 e. The van der Waals surface area contributed by atoms with Gasteiger partial charge >= 0.3 is 0 Å². The molecular formula is C30H30N4O3S2. The second-order valence-electron chi connectivity index (χ2n) is 9.02. The average molecular weight is 559 g/mol. The third kappa shape index (κ3) is 6.24. The summed E-state index contributed by atoms with van der Waals surface area (Å²) in [5.41, 5.74) is 3.16. The Labute approximate surface area is 238 Å². The van der Waals surface area contributed by atoms with E-state index < -0.39 is 0 Å². The first-order valence-electron chi connectivity index (χ1n) is 12.7. The van der Waals surface area contributed by atoms with Gasteiger partial charge in [0.25, 0.3) is 11.5 Å². The summed E-state index contributed by atoms with van der Waals surface area (Å²) in [5, 5.41) is 13.2. The molecule has 0 atom stereocenters. The molecule has 0 radical (unpaired) electrons. The number of hydrogen-bond acceptors (Lipinski definition) is 7. The number of ether oxygens (including phenoxy) is 1. The molecule has 2 heterocycles. The molecule has 1 aromatic heterocycles. The lowest BCUT2D eigenvalue weighted by Crippen LogP contribution is -2.30. The van der Waals surface area contributed by atoms with Gasteiger partial charge in [0.2, 0.25) is 0 Å². The van der Waals surface area contributed by atoms with Crippen molar-refractivity contribution in [2.24, 2.45) is 0 Å². The Hall–Kier alpha value is -3.87. The lowest BCUT2D eigenvalue weighted by Gasteiger charge is -2.19. The number of nitrogens with zero attached hydrogens (tertiary/aromatic N) is 3. The van der Waals surface area contributed by atoms with Crippen molar-refractivity contribution in [2.45, 2.75) is 33.2 Å². The minimum absolute atomic E-state index is 0.0756. The van der Waals surface area contributed by atoms with E-state index in [-0.39, 0.29) is 17.0 Å². The van der Waals surface area contributed by atoms with Crippen LogP contribution in [0.15, 0.2) is 64.3 Å². The Morgan fingerprint density at radius 2 is 1.77 bits per heavy atom. The fourth-order valence-electron chi connectivity index (χ4n) is 4.48. The second kappa shape index (κ2) is 12.8. The number of nitriles is 1. The monoisotopic (exact) mass is 558 g/mol. The molecule has 200 valence electrons. The lowest BCUT2D eigenvalue weighted by molar-refractivity contribution is -0.122. The average Bonchev–Trinajstić information content (AvgIpc) is 3.22. The van der Waals surface area contributed by atoms with Crippen LogP contribution in [0.5, 0.6) is 5.75 Å². The molecule has 0 aliphatic carbocycles. The number of benzene rings is 2. The van der Waals surface area contributed by atoms with Crippen LogP contribution in [-0.2, 0) is 24.2 Å². The van der Waals surface area contributed by atoms with E-state index in [1.54, 1.807) is 29.6 Å². The van der Waals surface area contributed by atoms with Crippen molar-refractivity contribution in [3.8, 4) is 11.8 Å². The van der Waals surface area contributed by atoms with Gasteiger partial charge in [-0.25, -0.2) is 0 Å². The van der Waals surface area contributed by atoms with Crippen molar-refractivity contribution < 1.29 is 9.53 Å². The standard InChI is InChI=1S/C30H30N4O3S2/c1-4-33-27(32-16-14-21-8-6-5-7-9-21)24(20(2)25(19-31)28(33)35)18-26-29(36)34(30(38)39-26)17-15-22-10-12-23(37-3)13-11-22/h5-13,18,32H,4,14-17H2,1-3H3/b26-18+. The Balaban J connectivity index is 1.62. The van der Waals surface area contributed by atoms with Crippen molar-refractivity contribution in [3.05, 3.63) is 97.7 Å². The van der Waals surface area contributed by atoms with Crippen LogP contribution in [0.4, 0.5) is 5.82 Å². The Morgan fingerprint density at radius 3 is 2.41 bits per heavy atom. The summed E-state index contributed by atoms with van der Waals surface area (Å²) in [6.07, 6.45) is 3.17. The Bertz CT molecular complexity index is 1510. The topological polar surface area (TPSA) is 87.4 Å². The number of anilines is 1. The van der Waals surface area contributed by atoms with Crippen molar-refractivity contribution in [2.75, 3.05) is 25.5 Å². The number of methoxy groups -OCH3 is 1. The number of thioether (sulfide) groups is 1. The highest BCUT2D eigenvalue weighted by Crippen LogP contribution is 2.35. The van der Waals surface area contributed by atoms with E-state index in [1.165, 1.54) is 17.3 Å². The van der Waals surface area contributed by atoms with E-state index in [2.05, 4.69) is 23.5 Å². The fraction of sp³-hybridized carbons (Fsp3) is 0.267. The number of hydrogen-bond donors (Lipinski definition) is 1. The number of nitrogens with one attached hydrogen (secondary N) is 1. The number of carbonyl (C=O) groups excluding carboxylic acids is 1. The number of pyridine rings is 1. The summed E-state index contributed by atoms with van der Waals surface area (Å²) < 4.78 is 7.26. The van der Waals surface area contributed by atoms with E-state index in [1.807, 2.05) is 49.4 Å². The molecule has 1 saturated heterocycles. The smallest absolute Gasteiger partial charge is 0.270 e. The molecular weight excluding hydrogens is 528 g/mol. The zero-order chi connectivity index (χ0) is 27.9. The molecule has 0 bridgehead atoms. The molecule has 1 amide bonds. The van der Waals surface area contributed by atoms with Crippen molar-refractivity contribution in [1.82, 2.24) is 9.47 Å². The highest BCUT2D eigenvalue weighted by Gasteiger charge is 2.32. The van der Waals surface area contributed by atoms with Crippen LogP contribution in [0.3, 0.4) is 0 Å². The zero-order valence-corrected chi connectivity index (χ0v) is 23.8. The fourth-order valence-corrected chi connectivity index (χ4v) is 5.77. The molecule has 0 saturated carbocycles. The van der Waals surface area contributed by atoms with Crippen LogP contribution in [0.1, 0.15) is 34.7 Å². The largest absolute Gasteiger partial charge is 0.497 e. The number of thiocarbonyl (C=S) groups is 1. The van der Waals surface area contributed by atoms with Gasteiger partial charge < -0.3 is 10.1 Å². The zero-order valence-electron chi connectivity index (χ0n) is 22.2. The molecule has 7 nitrogen and oxygen atoms in total. The molecule has 1 aliphatic heterocycles. The summed E-state index contributed by atoms with van der Waals surface area (Å²) in [6, 6.07) is 19.9. The van der Waals surface area contributed by atoms with Gasteiger partial charge in [-0.05, 0) is 61.6 Å². The molecule has 0 spiro atoms. The molecule has 1 N–H and O–H groups in total. The van der Waals surface area contributed by atoms with Crippen LogP contribution in [0, 0.1) is 18.3 Å². The van der Waals surface area contributed by atoms with Crippen LogP contribution in [0.2, 0.25) is 0 Å². The Kier molecular flexibility index (Phi) is 9.23. The molecule has 9 heteroatoms. The van der Waals surface area contributed by atoms with E-state index in [9.17, 15) is 14.9 Å². The number of rotatable bonds is 10. The van der Waals surface area contributed by atoms with Crippen LogP contribution in [-0.4, -0.2) is 39.9 Å². The van der Waals surface area contributed by atoms with Gasteiger partial charge in [-0.2, -0.15) is 5.26 Å². The van der Waals surface area contributed by atoms with Crippen LogP contribution in [0.25, 0.3) is 6.08 Å². The molecule has 2 aromatic carbocycles. The predicted molar refractivity (Wildman–Crippen MR) is 161 cm³/mol. The maximum absolute atomic E-state index is 13.4. The quantitative estimate of drug-likeness (QED) is 0.272. The van der Waals surface area contributed by atoms with E-state index in [0.29, 0.717) is 52.2 Å². The number of carbonyl (C=O) groups is 1. The molecule has 4 rings (SSSR count). The molecule has 0 unspecified atom stereocenters. The van der Waals surface area contributed by atoms with Gasteiger partial charge in [-0.15, -0.1) is 0 Å². The maximum atomic E-state index is 13.4. The van der Waals surface area contributed by atoms with E-state index >= 15 is 0 Å². The first-order valence-corrected chi connectivity index (χ1v) is 13.9. The minimum atomic E-state index is -0.344. The summed E-state index contributed by atoms with van der Waals surface area (Å²) in [6.45, 7) is 5.03. The normalized spacial score (nSPS) is 14.1. The molecule has 1 aliphatic rings. The second-order valence-corrected chi connectivity index (χ2v) is 10.7. The van der Waals surface area contributed by atoms with Crippen molar-refractivity contribution in [3.63, 3.8) is 0 Å². The first-order chi connectivity index (χ1) is 18.9. The first kappa shape index (κ1) is 28.1. The molecule has 1 fully saturated rings. The lowest BCUT2D eigenvalue weighted by atomic mass is 10.0. The van der Waals surface area contributed by atoms with E-state index in [0.717, 1.165) is 17.7 Å². The predicted octanol–water partition coefficient (Wildman–Crippen LogP) is 5.16. The van der Waals surface area contributed by atoms with E-state index in [4.69, 9.17) is 17.0 Å². The van der Waals surface area contributed by atoms with Gasteiger partial charge in [0.05, 0.1) is 12.0 Å². The molecule has 3 aromatic rings. The van der Waals surface area contributed by atoms with Gasteiger partial charge in [-0.1, -0.05) is 66.4 Å². The third-order valence-corrected chi connectivity index (χ3v) is 8.05. The number of amides is 1. The summed E-state index contributed by atoms with van der Waals surface area (Å²) in [5.74, 6) is 1.19. The summed E-state index contributed by atoms with van der Waals surface area (Å²) in [7, 11) is 1.62. The Morgan fingerprint density at radius 1 is 1.08 bits per heavy atom. The van der Waals surface area contributed by atoms with Gasteiger partial charge in [-0.3, -0.25) is 19.1 Å². The summed E-state index contributed by atoms with van der Waals surface area (Å²) in [4.78, 5) is 28.6. The van der Waals surface area contributed by atoms with Gasteiger partial charge in [0, 0.05) is 25.2 Å². The van der Waals surface area contributed by atoms with Crippen LogP contribution >= 0.6 is 24.0 Å². The van der Waals surface area contributed by atoms with Gasteiger partial charge in [0.1, 0.15) is 27.5 Å². The highest BCUT2D eigenvalue weighted by atomic mass is 32.2. The maximum Gasteiger partial charge on any atom is 0.270 e. The van der Waals surface area contributed by atoms with Crippen molar-refractivity contribution >= 4 is 46.1 Å². The SMILES string of the molecule is CCn1c(NCCc2ccccc2)c(/C=C2/SC(=S)N(CCc3ccc(OC)cc3)C2=O)c(C)c(C#N)c1=O. The van der Waals surface area contributed by atoms with Crippen molar-refractivity contribution in [1.29, 1.82) is 5.26 Å². The van der Waals surface area contributed by atoms with Gasteiger partial charge in [0.15, 0.2) is 0 Å². The highest BCUT2D eigenvalue weighted by molar-refractivity contribution is 8.26.